The smallest absolute Gasteiger partial charge is 0.251 e. The first-order chi connectivity index (χ1) is 18.6. The van der Waals surface area contributed by atoms with Crippen molar-refractivity contribution in [1.29, 1.82) is 0 Å². The third-order valence-electron chi connectivity index (χ3n) is 6.69. The van der Waals surface area contributed by atoms with Crippen LogP contribution in [0.15, 0.2) is 96.2 Å². The second-order valence-electron chi connectivity index (χ2n) is 9.49. The van der Waals surface area contributed by atoms with Crippen LogP contribution in [-0.2, 0) is 12.2 Å². The molecule has 1 atom stereocenters. The topological polar surface area (TPSA) is 58.1 Å². The summed E-state index contributed by atoms with van der Waals surface area (Å²) in [5, 5.41) is 4.37. The van der Waals surface area contributed by atoms with E-state index in [-0.39, 0.29) is 11.9 Å². The summed E-state index contributed by atoms with van der Waals surface area (Å²) in [7, 11) is 0. The number of benzene rings is 3. The van der Waals surface area contributed by atoms with E-state index >= 15 is 0 Å². The Hall–Kier alpha value is -3.35. The van der Waals surface area contributed by atoms with Crippen LogP contribution in [0.25, 0.3) is 0 Å². The molecule has 38 heavy (non-hydrogen) atoms. The van der Waals surface area contributed by atoms with Gasteiger partial charge < -0.3 is 10.2 Å². The second kappa shape index (κ2) is 12.9. The Kier molecular flexibility index (Phi) is 8.94. The van der Waals surface area contributed by atoms with E-state index in [9.17, 15) is 4.79 Å². The van der Waals surface area contributed by atoms with Gasteiger partial charge in [0.15, 0.2) is 5.16 Å². The molecule has 2 heterocycles. The molecule has 3 aromatic carbocycles. The molecule has 1 N–H and O–H groups in total. The Morgan fingerprint density at radius 1 is 0.868 bits per heavy atom. The minimum atomic E-state index is -0.128. The van der Waals surface area contributed by atoms with Gasteiger partial charge in [-0.1, -0.05) is 96.2 Å². The molecule has 1 saturated heterocycles. The molecule has 1 fully saturated rings. The summed E-state index contributed by atoms with van der Waals surface area (Å²) in [6.45, 7) is 2.01. The van der Waals surface area contributed by atoms with Gasteiger partial charge in [0.1, 0.15) is 11.0 Å². The van der Waals surface area contributed by atoms with Gasteiger partial charge in [0.2, 0.25) is 0 Å². The average Bonchev–Trinajstić information content (AvgIpc) is 2.97. The molecule has 1 unspecified atom stereocenters. The van der Waals surface area contributed by atoms with Gasteiger partial charge in [0, 0.05) is 30.5 Å². The van der Waals surface area contributed by atoms with E-state index < -0.39 is 0 Å². The minimum absolute atomic E-state index is 0.0898. The maximum absolute atomic E-state index is 13.3. The quantitative estimate of drug-likeness (QED) is 0.138. The molecule has 1 aliphatic rings. The SMILES string of the molecule is O=C(NC(Cc1ccccc1)c1ccccc1)c1cccc(CSc2nc(Cl)cc(N3CCCCC3)n2)c1. The lowest BCUT2D eigenvalue weighted by Gasteiger charge is -2.27. The Morgan fingerprint density at radius 2 is 1.58 bits per heavy atom. The largest absolute Gasteiger partial charge is 0.356 e. The summed E-state index contributed by atoms with van der Waals surface area (Å²) < 4.78 is 0. The molecule has 1 aromatic heterocycles. The van der Waals surface area contributed by atoms with Crippen LogP contribution >= 0.6 is 23.4 Å². The van der Waals surface area contributed by atoms with E-state index in [1.807, 2.05) is 66.7 Å². The van der Waals surface area contributed by atoms with Gasteiger partial charge in [-0.05, 0) is 54.5 Å². The third kappa shape index (κ3) is 7.15. The van der Waals surface area contributed by atoms with Crippen molar-refractivity contribution >= 4 is 35.1 Å². The van der Waals surface area contributed by atoms with Crippen molar-refractivity contribution < 1.29 is 4.79 Å². The maximum Gasteiger partial charge on any atom is 0.251 e. The highest BCUT2D eigenvalue weighted by Gasteiger charge is 2.18. The van der Waals surface area contributed by atoms with Gasteiger partial charge in [-0.2, -0.15) is 0 Å². The predicted octanol–water partition coefficient (Wildman–Crippen LogP) is 7.13. The molecule has 0 bridgehead atoms. The molecule has 0 radical (unpaired) electrons. The molecular formula is C31H31ClN4OS. The highest BCUT2D eigenvalue weighted by Crippen LogP contribution is 2.27. The fourth-order valence-corrected chi connectivity index (χ4v) is 5.74. The molecule has 5 rings (SSSR count). The van der Waals surface area contributed by atoms with Crippen LogP contribution in [0.2, 0.25) is 5.15 Å². The standard InChI is InChI=1S/C31H31ClN4OS/c32-28-21-29(36-17-8-3-9-18-36)35-31(34-28)38-22-24-13-10-16-26(19-24)30(37)33-27(25-14-6-2-7-15-25)20-23-11-4-1-5-12-23/h1-2,4-7,10-16,19,21,27H,3,8-9,17-18,20,22H2,(H,33,37). The maximum atomic E-state index is 13.3. The number of carbonyl (C=O) groups is 1. The van der Waals surface area contributed by atoms with Crippen molar-refractivity contribution in [2.45, 2.75) is 42.6 Å². The monoisotopic (exact) mass is 542 g/mol. The number of thioether (sulfide) groups is 1. The number of nitrogens with one attached hydrogen (secondary N) is 1. The van der Waals surface area contributed by atoms with Crippen LogP contribution in [0.3, 0.4) is 0 Å². The summed E-state index contributed by atoms with van der Waals surface area (Å²) >= 11 is 7.86. The zero-order chi connectivity index (χ0) is 26.2. The molecule has 0 aliphatic carbocycles. The lowest BCUT2D eigenvalue weighted by atomic mass is 9.98. The average molecular weight is 543 g/mol. The Balaban J connectivity index is 1.27. The number of hydrogen-bond donors (Lipinski definition) is 1. The highest BCUT2D eigenvalue weighted by molar-refractivity contribution is 7.98. The van der Waals surface area contributed by atoms with Gasteiger partial charge in [-0.15, -0.1) is 0 Å². The molecule has 5 nitrogen and oxygen atoms in total. The molecule has 1 aliphatic heterocycles. The summed E-state index contributed by atoms with van der Waals surface area (Å²) in [5.74, 6) is 1.45. The van der Waals surface area contributed by atoms with Crippen LogP contribution < -0.4 is 10.2 Å². The molecule has 0 spiro atoms. The summed E-state index contributed by atoms with van der Waals surface area (Å²) in [4.78, 5) is 24.8. The van der Waals surface area contributed by atoms with E-state index in [1.165, 1.54) is 36.6 Å². The van der Waals surface area contributed by atoms with Crippen molar-refractivity contribution in [3.8, 4) is 0 Å². The van der Waals surface area contributed by atoms with Gasteiger partial charge in [0.05, 0.1) is 6.04 Å². The molecule has 0 saturated carbocycles. The number of carbonyl (C=O) groups excluding carboxylic acids is 1. The number of anilines is 1. The van der Waals surface area contributed by atoms with Crippen molar-refractivity contribution in [3.05, 3.63) is 118 Å². The number of nitrogens with zero attached hydrogens (tertiary/aromatic N) is 3. The molecule has 4 aromatic rings. The summed E-state index contributed by atoms with van der Waals surface area (Å²) in [6.07, 6.45) is 4.33. The number of aromatic nitrogens is 2. The van der Waals surface area contributed by atoms with Crippen LogP contribution in [0, 0.1) is 0 Å². The van der Waals surface area contributed by atoms with E-state index in [0.29, 0.717) is 21.6 Å². The molecule has 7 heteroatoms. The van der Waals surface area contributed by atoms with Crippen molar-refractivity contribution in [3.63, 3.8) is 0 Å². The third-order valence-corrected chi connectivity index (χ3v) is 7.80. The van der Waals surface area contributed by atoms with Crippen LogP contribution in [0.5, 0.6) is 0 Å². The zero-order valence-corrected chi connectivity index (χ0v) is 22.8. The lowest BCUT2D eigenvalue weighted by molar-refractivity contribution is 0.0936. The first-order valence-corrected chi connectivity index (χ1v) is 14.4. The Morgan fingerprint density at radius 3 is 2.34 bits per heavy atom. The van der Waals surface area contributed by atoms with E-state index in [1.54, 1.807) is 0 Å². The molecular weight excluding hydrogens is 512 g/mol. The molecule has 1 amide bonds. The van der Waals surface area contributed by atoms with Crippen LogP contribution in [-0.4, -0.2) is 29.0 Å². The fourth-order valence-electron chi connectivity index (χ4n) is 4.71. The summed E-state index contributed by atoms with van der Waals surface area (Å²) in [6, 6.07) is 29.8. The number of rotatable bonds is 9. The van der Waals surface area contributed by atoms with Crippen LogP contribution in [0.4, 0.5) is 5.82 Å². The van der Waals surface area contributed by atoms with Gasteiger partial charge in [0.25, 0.3) is 5.91 Å². The van der Waals surface area contributed by atoms with Crippen LogP contribution in [0.1, 0.15) is 52.4 Å². The van der Waals surface area contributed by atoms with Crippen molar-refractivity contribution in [1.82, 2.24) is 15.3 Å². The van der Waals surface area contributed by atoms with E-state index in [2.05, 4.69) is 39.5 Å². The fraction of sp³-hybridized carbons (Fsp3) is 0.258. The number of amides is 1. The highest BCUT2D eigenvalue weighted by atomic mass is 35.5. The predicted molar refractivity (Wildman–Crippen MR) is 156 cm³/mol. The van der Waals surface area contributed by atoms with Gasteiger partial charge >= 0.3 is 0 Å². The van der Waals surface area contributed by atoms with E-state index in [0.717, 1.165) is 36.5 Å². The van der Waals surface area contributed by atoms with Gasteiger partial charge in [-0.25, -0.2) is 9.97 Å². The van der Waals surface area contributed by atoms with Crippen molar-refractivity contribution in [2.75, 3.05) is 18.0 Å². The van der Waals surface area contributed by atoms with Crippen molar-refractivity contribution in [2.24, 2.45) is 0 Å². The zero-order valence-electron chi connectivity index (χ0n) is 21.2. The molecule has 194 valence electrons. The van der Waals surface area contributed by atoms with Gasteiger partial charge in [-0.3, -0.25) is 4.79 Å². The number of halogens is 1. The Labute approximate surface area is 233 Å². The second-order valence-corrected chi connectivity index (χ2v) is 10.8. The Bertz CT molecular complexity index is 1350. The first-order valence-electron chi connectivity index (χ1n) is 13.0. The lowest BCUT2D eigenvalue weighted by Crippen LogP contribution is -2.30. The minimum Gasteiger partial charge on any atom is -0.356 e. The normalized spacial score (nSPS) is 14.2. The number of piperidine rings is 1. The first kappa shape index (κ1) is 26.3. The summed E-state index contributed by atoms with van der Waals surface area (Å²) in [5.41, 5.74) is 3.93. The number of hydrogen-bond acceptors (Lipinski definition) is 5. The van der Waals surface area contributed by atoms with E-state index in [4.69, 9.17) is 16.6 Å².